The predicted octanol–water partition coefficient (Wildman–Crippen LogP) is 2.21. The molecule has 5 nitrogen and oxygen atoms in total. The first-order valence-corrected chi connectivity index (χ1v) is 6.12. The van der Waals surface area contributed by atoms with E-state index in [4.69, 9.17) is 0 Å². The van der Waals surface area contributed by atoms with Crippen LogP contribution in [0.2, 0.25) is 0 Å². The predicted molar refractivity (Wildman–Crippen MR) is 73.2 cm³/mol. The molecule has 0 fully saturated rings. The second kappa shape index (κ2) is 4.80. The first-order valence-electron chi connectivity index (χ1n) is 6.12. The summed E-state index contributed by atoms with van der Waals surface area (Å²) in [5.41, 5.74) is 1.25. The molecule has 0 aliphatic heterocycles. The maximum atomic E-state index is 13.2. The molecule has 1 aromatic carbocycles. The fraction of sp³-hybridized carbons (Fsp3) is 0.143. The van der Waals surface area contributed by atoms with Crippen molar-refractivity contribution in [3.05, 3.63) is 54.1 Å². The highest BCUT2D eigenvalue weighted by molar-refractivity contribution is 5.48. The van der Waals surface area contributed by atoms with Gasteiger partial charge in [-0.1, -0.05) is 0 Å². The fourth-order valence-electron chi connectivity index (χ4n) is 2.03. The lowest BCUT2D eigenvalue weighted by atomic mass is 10.2. The van der Waals surface area contributed by atoms with Crippen LogP contribution in [0.15, 0.2) is 42.7 Å². The molecule has 0 atom stereocenters. The number of benzene rings is 1. The molecule has 0 amide bonds. The Bertz CT molecular complexity index is 756. The van der Waals surface area contributed by atoms with Gasteiger partial charge < -0.3 is 10.0 Å². The van der Waals surface area contributed by atoms with Crippen LogP contribution in [-0.2, 0) is 6.54 Å². The number of anilines is 1. The zero-order valence-corrected chi connectivity index (χ0v) is 10.9. The van der Waals surface area contributed by atoms with Gasteiger partial charge in [0.05, 0.1) is 6.20 Å². The van der Waals surface area contributed by atoms with Gasteiger partial charge >= 0.3 is 0 Å². The molecule has 102 valence electrons. The molecule has 0 unspecified atom stereocenters. The number of hydrogen-bond donors (Lipinski definition) is 1. The van der Waals surface area contributed by atoms with Gasteiger partial charge in [0.15, 0.2) is 5.65 Å². The number of halogens is 1. The van der Waals surface area contributed by atoms with Gasteiger partial charge in [-0.05, 0) is 24.3 Å². The van der Waals surface area contributed by atoms with Crippen LogP contribution in [-0.4, -0.2) is 26.8 Å². The standard InChI is InChI=1S/C14H13FN4O/c1-18(9-10-8-11(15)2-3-12(10)20)13-5-7-19-14(17-13)4-6-16-19/h2-8,20H,9H2,1H3. The maximum Gasteiger partial charge on any atom is 0.157 e. The highest BCUT2D eigenvalue weighted by Gasteiger charge is 2.09. The van der Waals surface area contributed by atoms with Crippen LogP contribution in [0, 0.1) is 5.82 Å². The second-order valence-corrected chi connectivity index (χ2v) is 4.55. The van der Waals surface area contributed by atoms with E-state index in [0.717, 1.165) is 11.5 Å². The van der Waals surface area contributed by atoms with E-state index in [1.54, 1.807) is 23.0 Å². The molecule has 2 aromatic heterocycles. The minimum atomic E-state index is -0.370. The Labute approximate surface area is 114 Å². The number of rotatable bonds is 3. The molecule has 0 saturated carbocycles. The molecule has 2 heterocycles. The third-order valence-corrected chi connectivity index (χ3v) is 3.08. The van der Waals surface area contributed by atoms with E-state index in [2.05, 4.69) is 10.1 Å². The van der Waals surface area contributed by atoms with E-state index in [1.165, 1.54) is 18.2 Å². The molecule has 3 rings (SSSR count). The van der Waals surface area contributed by atoms with Crippen LogP contribution in [0.3, 0.4) is 0 Å². The van der Waals surface area contributed by atoms with Crippen LogP contribution < -0.4 is 4.90 Å². The van der Waals surface area contributed by atoms with Gasteiger partial charge in [0, 0.05) is 31.4 Å². The number of aromatic hydroxyl groups is 1. The summed E-state index contributed by atoms with van der Waals surface area (Å²) in [7, 11) is 1.83. The molecule has 6 heteroatoms. The van der Waals surface area contributed by atoms with E-state index < -0.39 is 0 Å². The summed E-state index contributed by atoms with van der Waals surface area (Å²) in [4.78, 5) is 6.27. The summed E-state index contributed by atoms with van der Waals surface area (Å²) in [5, 5.41) is 13.8. The van der Waals surface area contributed by atoms with E-state index in [-0.39, 0.29) is 11.6 Å². The number of fused-ring (bicyclic) bond motifs is 1. The van der Waals surface area contributed by atoms with Gasteiger partial charge in [-0.2, -0.15) is 5.10 Å². The zero-order chi connectivity index (χ0) is 14.1. The summed E-state index contributed by atoms with van der Waals surface area (Å²) >= 11 is 0. The number of phenols is 1. The summed E-state index contributed by atoms with van der Waals surface area (Å²) in [6.45, 7) is 0.362. The van der Waals surface area contributed by atoms with Crippen LogP contribution in [0.25, 0.3) is 5.65 Å². The Morgan fingerprint density at radius 1 is 1.30 bits per heavy atom. The van der Waals surface area contributed by atoms with Gasteiger partial charge in [-0.15, -0.1) is 0 Å². The van der Waals surface area contributed by atoms with E-state index in [0.29, 0.717) is 12.1 Å². The summed E-state index contributed by atoms with van der Waals surface area (Å²) in [6, 6.07) is 7.53. The van der Waals surface area contributed by atoms with Crippen molar-refractivity contribution in [2.75, 3.05) is 11.9 Å². The fourth-order valence-corrected chi connectivity index (χ4v) is 2.03. The molecule has 0 spiro atoms. The Morgan fingerprint density at radius 2 is 2.15 bits per heavy atom. The molecular weight excluding hydrogens is 259 g/mol. The highest BCUT2D eigenvalue weighted by Crippen LogP contribution is 2.21. The third kappa shape index (κ3) is 2.27. The minimum Gasteiger partial charge on any atom is -0.508 e. The van der Waals surface area contributed by atoms with Crippen LogP contribution in [0.5, 0.6) is 5.75 Å². The van der Waals surface area contributed by atoms with Crippen LogP contribution >= 0.6 is 0 Å². The molecule has 20 heavy (non-hydrogen) atoms. The van der Waals surface area contributed by atoms with Crippen LogP contribution in [0.4, 0.5) is 10.2 Å². The summed E-state index contributed by atoms with van der Waals surface area (Å²) in [5.74, 6) is 0.427. The average Bonchev–Trinajstić information content (AvgIpc) is 2.90. The Hall–Kier alpha value is -2.63. The topological polar surface area (TPSA) is 53.7 Å². The molecule has 1 N–H and O–H groups in total. The molecule has 0 aliphatic carbocycles. The van der Waals surface area contributed by atoms with E-state index in [1.807, 2.05) is 18.0 Å². The third-order valence-electron chi connectivity index (χ3n) is 3.08. The Morgan fingerprint density at radius 3 is 3.00 bits per heavy atom. The van der Waals surface area contributed by atoms with E-state index in [9.17, 15) is 9.50 Å². The first kappa shape index (κ1) is 12.4. The quantitative estimate of drug-likeness (QED) is 0.794. The summed E-state index contributed by atoms with van der Waals surface area (Å²) in [6.07, 6.45) is 3.48. The van der Waals surface area contributed by atoms with Gasteiger partial charge in [0.1, 0.15) is 17.4 Å². The Kier molecular flexibility index (Phi) is 2.98. The largest absolute Gasteiger partial charge is 0.508 e. The van der Waals surface area contributed by atoms with Crippen molar-refractivity contribution in [1.82, 2.24) is 14.6 Å². The minimum absolute atomic E-state index is 0.0729. The zero-order valence-electron chi connectivity index (χ0n) is 10.9. The van der Waals surface area contributed by atoms with Gasteiger partial charge in [-0.25, -0.2) is 13.9 Å². The number of aromatic nitrogens is 3. The monoisotopic (exact) mass is 272 g/mol. The lowest BCUT2D eigenvalue weighted by Gasteiger charge is -2.18. The molecule has 3 aromatic rings. The van der Waals surface area contributed by atoms with Crippen molar-refractivity contribution < 1.29 is 9.50 Å². The van der Waals surface area contributed by atoms with Crippen molar-refractivity contribution >= 4 is 11.5 Å². The van der Waals surface area contributed by atoms with Crippen molar-refractivity contribution in [2.24, 2.45) is 0 Å². The SMILES string of the molecule is CN(Cc1cc(F)ccc1O)c1ccn2nccc2n1. The van der Waals surface area contributed by atoms with Gasteiger partial charge in [-0.3, -0.25) is 0 Å². The molecular formula is C14H13FN4O. The smallest absolute Gasteiger partial charge is 0.157 e. The molecule has 0 bridgehead atoms. The average molecular weight is 272 g/mol. The first-order chi connectivity index (χ1) is 9.63. The van der Waals surface area contributed by atoms with Crippen molar-refractivity contribution in [3.63, 3.8) is 0 Å². The van der Waals surface area contributed by atoms with Crippen molar-refractivity contribution in [1.29, 1.82) is 0 Å². The second-order valence-electron chi connectivity index (χ2n) is 4.55. The van der Waals surface area contributed by atoms with E-state index >= 15 is 0 Å². The maximum absolute atomic E-state index is 13.2. The van der Waals surface area contributed by atoms with Gasteiger partial charge in [0.25, 0.3) is 0 Å². The van der Waals surface area contributed by atoms with Gasteiger partial charge in [0.2, 0.25) is 0 Å². The highest BCUT2D eigenvalue weighted by atomic mass is 19.1. The normalized spacial score (nSPS) is 10.9. The number of hydrogen-bond acceptors (Lipinski definition) is 4. The summed E-state index contributed by atoms with van der Waals surface area (Å²) < 4.78 is 14.9. The number of nitrogens with zero attached hydrogens (tertiary/aromatic N) is 4. The molecule has 0 saturated heterocycles. The molecule has 0 radical (unpaired) electrons. The number of phenolic OH excluding ortho intramolecular Hbond substituents is 1. The van der Waals surface area contributed by atoms with Crippen LogP contribution in [0.1, 0.15) is 5.56 Å². The lowest BCUT2D eigenvalue weighted by molar-refractivity contribution is 0.465. The Balaban J connectivity index is 1.88. The van der Waals surface area contributed by atoms with Crippen molar-refractivity contribution in [2.45, 2.75) is 6.54 Å². The van der Waals surface area contributed by atoms with Crippen molar-refractivity contribution in [3.8, 4) is 5.75 Å². The molecule has 0 aliphatic rings. The lowest BCUT2D eigenvalue weighted by Crippen LogP contribution is -2.18.